The van der Waals surface area contributed by atoms with E-state index in [0.29, 0.717) is 6.42 Å². The summed E-state index contributed by atoms with van der Waals surface area (Å²) < 4.78 is 44.3. The maximum Gasteiger partial charge on any atom is 0.416 e. The fourth-order valence-corrected chi connectivity index (χ4v) is 2.10. The number of likely N-dealkylation sites (N-methyl/N-ethyl adjacent to an activating group) is 1. The van der Waals surface area contributed by atoms with E-state index in [1.807, 2.05) is 6.92 Å². The lowest BCUT2D eigenvalue weighted by atomic mass is 10.1. The summed E-state index contributed by atoms with van der Waals surface area (Å²) >= 11 is 0. The molecule has 0 heterocycles. The van der Waals surface area contributed by atoms with Crippen LogP contribution in [0.4, 0.5) is 23.7 Å². The highest BCUT2D eigenvalue weighted by molar-refractivity contribution is 5.93. The average molecular weight is 389 g/mol. The minimum Gasteiger partial charge on any atom is -0.491 e. The molecule has 0 aliphatic carbocycles. The molecule has 6 nitrogen and oxygen atoms in total. The molecule has 9 heteroatoms. The maximum atomic E-state index is 13.0. The highest BCUT2D eigenvalue weighted by atomic mass is 19.4. The van der Waals surface area contributed by atoms with Crippen molar-refractivity contribution in [3.63, 3.8) is 0 Å². The number of anilines is 1. The van der Waals surface area contributed by atoms with Crippen molar-refractivity contribution < 1.29 is 27.5 Å². The minimum atomic E-state index is -4.55. The molecule has 2 N–H and O–H groups in total. The van der Waals surface area contributed by atoms with Gasteiger partial charge >= 0.3 is 12.2 Å². The number of ether oxygens (including phenoxy) is 1. The minimum absolute atomic E-state index is 0.105. The Hall–Kier alpha value is -2.45. The van der Waals surface area contributed by atoms with Gasteiger partial charge in [-0.15, -0.1) is 0 Å². The van der Waals surface area contributed by atoms with Crippen LogP contribution in [0.15, 0.2) is 18.2 Å². The molecule has 0 spiro atoms. The van der Waals surface area contributed by atoms with E-state index < -0.39 is 23.3 Å². The molecule has 1 aromatic rings. The molecular formula is C18H26F3N3O3. The predicted molar refractivity (Wildman–Crippen MR) is 96.8 cm³/mol. The number of urea groups is 1. The molecule has 0 aliphatic heterocycles. The number of hydrogen-bond acceptors (Lipinski definition) is 3. The van der Waals surface area contributed by atoms with Gasteiger partial charge in [0.1, 0.15) is 12.3 Å². The Morgan fingerprint density at radius 2 is 1.81 bits per heavy atom. The molecule has 3 amide bonds. The van der Waals surface area contributed by atoms with Crippen molar-refractivity contribution in [2.45, 2.75) is 45.8 Å². The molecular weight excluding hydrogens is 363 g/mol. The van der Waals surface area contributed by atoms with Gasteiger partial charge in [0.05, 0.1) is 17.9 Å². The largest absolute Gasteiger partial charge is 0.491 e. The number of rotatable bonds is 6. The Kier molecular flexibility index (Phi) is 7.50. The molecule has 0 atom stereocenters. The number of carbonyl (C=O) groups excluding carboxylic acids is 2. The Morgan fingerprint density at radius 3 is 2.33 bits per heavy atom. The zero-order valence-electron chi connectivity index (χ0n) is 16.2. The summed E-state index contributed by atoms with van der Waals surface area (Å²) in [6.45, 7) is 7.29. The second kappa shape index (κ2) is 8.96. The Bertz CT molecular complexity index is 670. The van der Waals surface area contributed by atoms with Gasteiger partial charge in [-0.25, -0.2) is 4.79 Å². The van der Waals surface area contributed by atoms with Crippen LogP contribution in [0.2, 0.25) is 0 Å². The summed E-state index contributed by atoms with van der Waals surface area (Å²) in [7, 11) is 1.37. The summed E-state index contributed by atoms with van der Waals surface area (Å²) in [5.74, 6) is -0.252. The number of amides is 3. The van der Waals surface area contributed by atoms with Crippen molar-refractivity contribution in [1.29, 1.82) is 0 Å². The van der Waals surface area contributed by atoms with Crippen molar-refractivity contribution in [1.82, 2.24) is 10.2 Å². The van der Waals surface area contributed by atoms with Crippen LogP contribution in [0.1, 0.15) is 39.7 Å². The predicted octanol–water partition coefficient (Wildman–Crippen LogP) is 3.87. The number of nitrogens with zero attached hydrogens (tertiary/aromatic N) is 1. The number of hydrogen-bond donors (Lipinski definition) is 2. The quantitative estimate of drug-likeness (QED) is 0.776. The topological polar surface area (TPSA) is 70.7 Å². The van der Waals surface area contributed by atoms with Gasteiger partial charge in [-0.3, -0.25) is 4.79 Å². The maximum absolute atomic E-state index is 13.0. The van der Waals surface area contributed by atoms with E-state index in [4.69, 9.17) is 4.74 Å². The fraction of sp³-hybridized carbons (Fsp3) is 0.556. The van der Waals surface area contributed by atoms with Gasteiger partial charge in [0.15, 0.2) is 0 Å². The van der Waals surface area contributed by atoms with Crippen LogP contribution in [-0.4, -0.2) is 42.6 Å². The zero-order chi connectivity index (χ0) is 20.8. The van der Waals surface area contributed by atoms with E-state index in [1.165, 1.54) is 13.1 Å². The lowest BCUT2D eigenvalue weighted by Crippen LogP contribution is -2.47. The van der Waals surface area contributed by atoms with Crippen LogP contribution < -0.4 is 15.4 Å². The monoisotopic (exact) mass is 389 g/mol. The van der Waals surface area contributed by atoms with Gasteiger partial charge in [-0.1, -0.05) is 6.92 Å². The van der Waals surface area contributed by atoms with Gasteiger partial charge in [0.25, 0.3) is 0 Å². The number of halogens is 3. The summed E-state index contributed by atoms with van der Waals surface area (Å²) in [4.78, 5) is 25.3. The van der Waals surface area contributed by atoms with E-state index >= 15 is 0 Å². The van der Waals surface area contributed by atoms with Crippen LogP contribution in [-0.2, 0) is 11.0 Å². The lowest BCUT2D eigenvalue weighted by Gasteiger charge is -2.24. The van der Waals surface area contributed by atoms with Crippen LogP contribution in [0.25, 0.3) is 0 Å². The molecule has 0 aliphatic rings. The third kappa shape index (κ3) is 7.76. The van der Waals surface area contributed by atoms with Gasteiger partial charge in [-0.2, -0.15) is 13.2 Å². The summed E-state index contributed by atoms with van der Waals surface area (Å²) in [5.41, 5.74) is -1.47. The zero-order valence-corrected chi connectivity index (χ0v) is 16.2. The lowest BCUT2D eigenvalue weighted by molar-refractivity contribution is -0.137. The highest BCUT2D eigenvalue weighted by Crippen LogP contribution is 2.35. The normalized spacial score (nSPS) is 11.7. The first-order valence-corrected chi connectivity index (χ1v) is 8.50. The van der Waals surface area contributed by atoms with E-state index in [0.717, 1.165) is 17.0 Å². The Balaban J connectivity index is 2.93. The van der Waals surface area contributed by atoms with Crippen LogP contribution in [0.5, 0.6) is 5.75 Å². The number of nitrogens with one attached hydrogen (secondary N) is 2. The molecule has 152 valence electrons. The first kappa shape index (κ1) is 22.6. The van der Waals surface area contributed by atoms with E-state index in [-0.39, 0.29) is 30.5 Å². The highest BCUT2D eigenvalue weighted by Gasteiger charge is 2.31. The molecule has 27 heavy (non-hydrogen) atoms. The van der Waals surface area contributed by atoms with E-state index in [1.54, 1.807) is 20.8 Å². The smallest absolute Gasteiger partial charge is 0.416 e. The number of alkyl halides is 3. The molecule has 0 fully saturated rings. The molecule has 1 aromatic carbocycles. The first-order chi connectivity index (χ1) is 12.3. The van der Waals surface area contributed by atoms with Crippen molar-refractivity contribution >= 4 is 17.6 Å². The molecule has 0 aromatic heterocycles. The summed E-state index contributed by atoms with van der Waals surface area (Å²) in [5, 5.41) is 5.08. The summed E-state index contributed by atoms with van der Waals surface area (Å²) in [6.07, 6.45) is -3.90. The van der Waals surface area contributed by atoms with Crippen LogP contribution in [0, 0.1) is 0 Å². The van der Waals surface area contributed by atoms with Crippen LogP contribution in [0.3, 0.4) is 0 Å². The average Bonchev–Trinajstić information content (AvgIpc) is 2.50. The third-order valence-electron chi connectivity index (χ3n) is 3.25. The van der Waals surface area contributed by atoms with E-state index in [9.17, 15) is 22.8 Å². The second-order valence-corrected chi connectivity index (χ2v) is 7.14. The third-order valence-corrected chi connectivity index (χ3v) is 3.25. The van der Waals surface area contributed by atoms with Gasteiger partial charge in [-0.05, 0) is 45.4 Å². The van der Waals surface area contributed by atoms with Gasteiger partial charge in [0.2, 0.25) is 5.91 Å². The van der Waals surface area contributed by atoms with Crippen molar-refractivity contribution in [3.05, 3.63) is 23.8 Å². The van der Waals surface area contributed by atoms with Crippen molar-refractivity contribution in [3.8, 4) is 5.75 Å². The standard InChI is InChI=1S/C18H26F3N3O3/c1-6-9-27-14-8-7-12(18(19,20)21)10-13(14)22-16(26)24(5)11-15(25)23-17(2,3)4/h7-8,10H,6,9,11H2,1-5H3,(H,22,26)(H,23,25). The SMILES string of the molecule is CCCOc1ccc(C(F)(F)F)cc1NC(=O)N(C)CC(=O)NC(C)(C)C. The number of benzene rings is 1. The fourth-order valence-electron chi connectivity index (χ4n) is 2.10. The molecule has 0 unspecified atom stereocenters. The van der Waals surface area contributed by atoms with Gasteiger partial charge in [0, 0.05) is 12.6 Å². The Labute approximate surface area is 157 Å². The van der Waals surface area contributed by atoms with Crippen molar-refractivity contribution in [2.75, 3.05) is 25.5 Å². The Morgan fingerprint density at radius 1 is 1.19 bits per heavy atom. The van der Waals surface area contributed by atoms with Crippen LogP contribution >= 0.6 is 0 Å². The molecule has 0 saturated heterocycles. The molecule has 1 rings (SSSR count). The molecule has 0 saturated carbocycles. The number of carbonyl (C=O) groups is 2. The molecule has 0 bridgehead atoms. The first-order valence-electron chi connectivity index (χ1n) is 8.50. The second-order valence-electron chi connectivity index (χ2n) is 7.14. The molecule has 0 radical (unpaired) electrons. The van der Waals surface area contributed by atoms with Crippen molar-refractivity contribution in [2.24, 2.45) is 0 Å². The van der Waals surface area contributed by atoms with Gasteiger partial charge < -0.3 is 20.3 Å². The summed E-state index contributed by atoms with van der Waals surface area (Å²) in [6, 6.07) is 2.15. The van der Waals surface area contributed by atoms with E-state index in [2.05, 4.69) is 10.6 Å².